The highest BCUT2D eigenvalue weighted by atomic mass is 16.7. The third kappa shape index (κ3) is 3.62. The molecule has 0 saturated carbocycles. The van der Waals surface area contributed by atoms with Crippen molar-refractivity contribution in [2.45, 2.75) is 5.97 Å². The molecule has 0 aliphatic heterocycles. The molecule has 7 nitrogen and oxygen atoms in total. The molecule has 0 spiro atoms. The number of ether oxygens (including phenoxy) is 1. The smallest absolute Gasteiger partial charge is 0.344 e. The number of nitrogen functional groups attached to an aromatic ring is 1. The van der Waals surface area contributed by atoms with Gasteiger partial charge < -0.3 is 25.8 Å². The Kier molecular flexibility index (Phi) is 4.38. The number of benzene rings is 1. The molecule has 0 aliphatic carbocycles. The van der Waals surface area contributed by atoms with Gasteiger partial charge in [-0.15, -0.1) is 0 Å². The summed E-state index contributed by atoms with van der Waals surface area (Å²) in [5, 5.41) is 26.5. The van der Waals surface area contributed by atoms with Crippen LogP contribution in [0.15, 0.2) is 29.8 Å². The maximum Gasteiger partial charge on any atom is 0.344 e. The van der Waals surface area contributed by atoms with E-state index in [1.54, 1.807) is 12.1 Å². The lowest BCUT2D eigenvalue weighted by molar-refractivity contribution is -0.284. The van der Waals surface area contributed by atoms with E-state index >= 15 is 0 Å². The van der Waals surface area contributed by atoms with Crippen LogP contribution in [0.2, 0.25) is 0 Å². The number of carbonyl (C=O) groups is 2. The van der Waals surface area contributed by atoms with Gasteiger partial charge in [0.05, 0.1) is 7.11 Å². The molecular formula is C12H13NO6. The summed E-state index contributed by atoms with van der Waals surface area (Å²) in [5.41, 5.74) is 5.43. The van der Waals surface area contributed by atoms with Crippen molar-refractivity contribution in [1.82, 2.24) is 0 Å². The highest BCUT2D eigenvalue weighted by Crippen LogP contribution is 2.18. The van der Waals surface area contributed by atoms with E-state index in [4.69, 9.17) is 21.1 Å². The first kappa shape index (κ1) is 14.8. The molecule has 102 valence electrons. The minimum Gasteiger partial charge on any atom is -0.465 e. The third-order valence-electron chi connectivity index (χ3n) is 2.25. The number of rotatable bonds is 4. The number of esters is 1. The van der Waals surface area contributed by atoms with Gasteiger partial charge >= 0.3 is 11.9 Å². The van der Waals surface area contributed by atoms with E-state index in [1.165, 1.54) is 12.1 Å². The van der Waals surface area contributed by atoms with Gasteiger partial charge in [0.15, 0.2) is 0 Å². The number of carbonyl (C=O) groups excluding carboxylic acids is 2. The number of hydrogen-bond donors (Lipinski definition) is 4. The van der Waals surface area contributed by atoms with Crippen molar-refractivity contribution in [1.29, 1.82) is 0 Å². The van der Waals surface area contributed by atoms with Crippen molar-refractivity contribution in [3.05, 3.63) is 35.4 Å². The monoisotopic (exact) mass is 267 g/mol. The van der Waals surface area contributed by atoms with Gasteiger partial charge in [-0.05, 0) is 17.7 Å². The molecular weight excluding hydrogens is 254 g/mol. The number of para-hydroxylation sites is 1. The second-order valence-electron chi connectivity index (χ2n) is 3.64. The second-order valence-corrected chi connectivity index (χ2v) is 3.64. The molecule has 0 aliphatic rings. The number of methoxy groups -OCH3 is 1. The molecule has 0 fully saturated rings. The fourth-order valence-electron chi connectivity index (χ4n) is 1.31. The van der Waals surface area contributed by atoms with E-state index in [-0.39, 0.29) is 5.69 Å². The molecule has 0 unspecified atom stereocenters. The number of hydrogen-bond acceptors (Lipinski definition) is 7. The molecule has 0 heterocycles. The van der Waals surface area contributed by atoms with Gasteiger partial charge in [-0.2, -0.15) is 0 Å². The summed E-state index contributed by atoms with van der Waals surface area (Å²) in [6.45, 7) is 0. The first-order chi connectivity index (χ1) is 8.77. The minimum absolute atomic E-state index is 0.260. The average Bonchev–Trinajstić information content (AvgIpc) is 2.35. The zero-order valence-corrected chi connectivity index (χ0v) is 10.0. The molecule has 0 bridgehead atoms. The second kappa shape index (κ2) is 5.61. The molecule has 1 aromatic rings. The maximum atomic E-state index is 11.5. The Balaban J connectivity index is 3.30. The van der Waals surface area contributed by atoms with E-state index < -0.39 is 23.3 Å². The Labute approximate surface area is 108 Å². The van der Waals surface area contributed by atoms with Crippen molar-refractivity contribution in [3.63, 3.8) is 0 Å². The van der Waals surface area contributed by atoms with Crippen molar-refractivity contribution in [3.8, 4) is 0 Å². The molecule has 1 aromatic carbocycles. The molecule has 5 N–H and O–H groups in total. The Morgan fingerprint density at radius 3 is 2.32 bits per heavy atom. The zero-order chi connectivity index (χ0) is 14.6. The molecule has 0 radical (unpaired) electrons. The maximum absolute atomic E-state index is 11.5. The van der Waals surface area contributed by atoms with Crippen molar-refractivity contribution < 1.29 is 29.6 Å². The molecule has 0 saturated heterocycles. The average molecular weight is 267 g/mol. The highest BCUT2D eigenvalue weighted by Gasteiger charge is 2.36. The van der Waals surface area contributed by atoms with Crippen LogP contribution < -0.4 is 5.73 Å². The highest BCUT2D eigenvalue weighted by molar-refractivity contribution is 6.22. The van der Waals surface area contributed by atoms with E-state index in [9.17, 15) is 9.59 Å². The fourth-order valence-corrected chi connectivity index (χ4v) is 1.31. The number of nitrogens with two attached hydrogens (primary N) is 1. The summed E-state index contributed by atoms with van der Waals surface area (Å²) in [4.78, 5) is 23.0. The number of anilines is 1. The minimum atomic E-state index is -3.66. The molecule has 0 atom stereocenters. The van der Waals surface area contributed by atoms with Crippen LogP contribution in [-0.2, 0) is 14.3 Å². The van der Waals surface area contributed by atoms with Crippen LogP contribution in [0.25, 0.3) is 6.08 Å². The summed E-state index contributed by atoms with van der Waals surface area (Å²) >= 11 is 0. The number of Topliss-reactive ketones (excluding diaryl/α,β-unsaturated/α-hetero) is 1. The standard InChI is InChI=1S/C12H13NO6/c1-19-11(15)8(10(14)12(16,17)18)6-7-4-2-3-5-9(7)13/h2-6,16-18H,13H2,1H3/b8-6-. The van der Waals surface area contributed by atoms with Gasteiger partial charge in [-0.1, -0.05) is 18.2 Å². The first-order valence-corrected chi connectivity index (χ1v) is 5.13. The van der Waals surface area contributed by atoms with Crippen molar-refractivity contribution in [2.24, 2.45) is 0 Å². The first-order valence-electron chi connectivity index (χ1n) is 5.13. The van der Waals surface area contributed by atoms with Crippen LogP contribution in [-0.4, -0.2) is 40.2 Å². The van der Waals surface area contributed by atoms with Gasteiger partial charge in [-0.25, -0.2) is 4.79 Å². The summed E-state index contributed by atoms with van der Waals surface area (Å²) in [5.74, 6) is -6.40. The lowest BCUT2D eigenvalue weighted by Crippen LogP contribution is -2.40. The van der Waals surface area contributed by atoms with Crippen LogP contribution in [0.4, 0.5) is 5.69 Å². The van der Waals surface area contributed by atoms with Crippen LogP contribution in [0.1, 0.15) is 5.56 Å². The van der Waals surface area contributed by atoms with Crippen LogP contribution in [0.3, 0.4) is 0 Å². The summed E-state index contributed by atoms with van der Waals surface area (Å²) in [7, 11) is 1.01. The predicted molar refractivity (Wildman–Crippen MR) is 65.2 cm³/mol. The quantitative estimate of drug-likeness (QED) is 0.138. The Bertz CT molecular complexity index is 529. The van der Waals surface area contributed by atoms with Crippen molar-refractivity contribution in [2.75, 3.05) is 12.8 Å². The lowest BCUT2D eigenvalue weighted by Gasteiger charge is -2.13. The van der Waals surface area contributed by atoms with E-state index in [1.807, 2.05) is 0 Å². The van der Waals surface area contributed by atoms with E-state index in [2.05, 4.69) is 4.74 Å². The fraction of sp³-hybridized carbons (Fsp3) is 0.167. The Morgan fingerprint density at radius 2 is 1.84 bits per heavy atom. The van der Waals surface area contributed by atoms with Crippen LogP contribution >= 0.6 is 0 Å². The predicted octanol–water partition coefficient (Wildman–Crippen LogP) is -0.975. The molecule has 19 heavy (non-hydrogen) atoms. The molecule has 0 aromatic heterocycles. The van der Waals surface area contributed by atoms with Crippen LogP contribution in [0, 0.1) is 0 Å². The van der Waals surface area contributed by atoms with Gasteiger partial charge in [0.25, 0.3) is 5.78 Å². The van der Waals surface area contributed by atoms with Gasteiger partial charge in [-0.3, -0.25) is 4.79 Å². The Morgan fingerprint density at radius 1 is 1.26 bits per heavy atom. The third-order valence-corrected chi connectivity index (χ3v) is 2.25. The number of ketones is 1. The van der Waals surface area contributed by atoms with Gasteiger partial charge in [0, 0.05) is 5.69 Å². The SMILES string of the molecule is COC(=O)/C(=C\c1ccccc1N)C(=O)C(O)(O)O. The lowest BCUT2D eigenvalue weighted by atomic mass is 10.0. The normalized spacial score (nSPS) is 12.1. The molecule has 1 rings (SSSR count). The summed E-state index contributed by atoms with van der Waals surface area (Å²) in [6, 6.07) is 6.26. The zero-order valence-electron chi connectivity index (χ0n) is 10.0. The van der Waals surface area contributed by atoms with Crippen LogP contribution in [0.5, 0.6) is 0 Å². The number of aliphatic hydroxyl groups is 3. The van der Waals surface area contributed by atoms with Crippen molar-refractivity contribution >= 4 is 23.5 Å². The molecule has 0 amide bonds. The summed E-state index contributed by atoms with van der Waals surface area (Å²) in [6.07, 6.45) is 1.00. The summed E-state index contributed by atoms with van der Waals surface area (Å²) < 4.78 is 4.34. The van der Waals surface area contributed by atoms with E-state index in [0.29, 0.717) is 5.56 Å². The van der Waals surface area contributed by atoms with E-state index in [0.717, 1.165) is 13.2 Å². The Hall–Kier alpha value is -2.22. The van der Waals surface area contributed by atoms with Gasteiger partial charge in [0.1, 0.15) is 5.57 Å². The van der Waals surface area contributed by atoms with Gasteiger partial charge in [0.2, 0.25) is 0 Å². The largest absolute Gasteiger partial charge is 0.465 e. The topological polar surface area (TPSA) is 130 Å². The molecule has 7 heteroatoms.